The number of aromatic hydroxyl groups is 1. The number of ether oxygens (including phenoxy) is 3. The molecule has 3 heterocycles. The van der Waals surface area contributed by atoms with Gasteiger partial charge >= 0.3 is 0 Å². The molecule has 0 atom stereocenters. The number of hydrogen-bond acceptors (Lipinski definition) is 7. The molecule has 5 aromatic rings. The van der Waals surface area contributed by atoms with Crippen molar-refractivity contribution in [3.05, 3.63) is 103 Å². The van der Waals surface area contributed by atoms with Crippen LogP contribution in [0, 0.1) is 6.92 Å². The maximum absolute atomic E-state index is 13.3. The fourth-order valence-electron chi connectivity index (χ4n) is 4.58. The number of methoxy groups -OCH3 is 2. The first-order valence-electron chi connectivity index (χ1n) is 12.5. The van der Waals surface area contributed by atoms with Crippen molar-refractivity contribution in [1.29, 1.82) is 0 Å². The summed E-state index contributed by atoms with van der Waals surface area (Å²) in [7, 11) is 3.13. The molecule has 40 heavy (non-hydrogen) atoms. The summed E-state index contributed by atoms with van der Waals surface area (Å²) in [6.45, 7) is 5.63. The summed E-state index contributed by atoms with van der Waals surface area (Å²) in [6, 6.07) is 18.0. The van der Waals surface area contributed by atoms with Gasteiger partial charge in [0.25, 0.3) is 5.91 Å². The Morgan fingerprint density at radius 2 is 1.77 bits per heavy atom. The highest BCUT2D eigenvalue weighted by Gasteiger charge is 2.25. The Bertz CT molecular complexity index is 1700. The molecule has 0 aliphatic carbocycles. The average molecular weight is 537 g/mol. The fourth-order valence-corrected chi connectivity index (χ4v) is 4.58. The highest BCUT2D eigenvalue weighted by molar-refractivity contribution is 6.07. The molecule has 202 valence electrons. The zero-order valence-corrected chi connectivity index (χ0v) is 22.3. The van der Waals surface area contributed by atoms with Crippen LogP contribution < -0.4 is 19.5 Å². The summed E-state index contributed by atoms with van der Waals surface area (Å²) in [4.78, 5) is 22.0. The van der Waals surface area contributed by atoms with E-state index in [1.54, 1.807) is 68.3 Å². The molecule has 0 saturated carbocycles. The largest absolute Gasteiger partial charge is 0.494 e. The van der Waals surface area contributed by atoms with Gasteiger partial charge in [0.05, 0.1) is 25.9 Å². The summed E-state index contributed by atoms with van der Waals surface area (Å²) in [5, 5.41) is 14.6. The lowest BCUT2D eigenvalue weighted by molar-refractivity contribution is 0.102. The van der Waals surface area contributed by atoms with E-state index in [9.17, 15) is 9.90 Å². The monoisotopic (exact) mass is 536 g/mol. The number of benzene rings is 2. The molecule has 9 nitrogen and oxygen atoms in total. The molecule has 0 saturated heterocycles. The lowest BCUT2D eigenvalue weighted by Crippen LogP contribution is -2.13. The minimum absolute atomic E-state index is 0.144. The third-order valence-corrected chi connectivity index (χ3v) is 6.50. The van der Waals surface area contributed by atoms with Crippen LogP contribution in [0.5, 0.6) is 28.9 Å². The Labute approximate surface area is 231 Å². The zero-order chi connectivity index (χ0) is 28.2. The van der Waals surface area contributed by atoms with Crippen LogP contribution in [0.15, 0.2) is 85.7 Å². The molecule has 0 fully saturated rings. The molecular weight excluding hydrogens is 508 g/mol. The van der Waals surface area contributed by atoms with E-state index in [-0.39, 0.29) is 11.4 Å². The SMILES string of the molecule is C=CCc1c(C)c(C(=O)Nc2ccc(Oc3ccnc4cc(OC)c(OC)cc34)cn2)c(O)n1-c1ccccc1. The van der Waals surface area contributed by atoms with Crippen LogP contribution >= 0.6 is 0 Å². The van der Waals surface area contributed by atoms with Gasteiger partial charge in [0.1, 0.15) is 22.9 Å². The summed E-state index contributed by atoms with van der Waals surface area (Å²) in [6.07, 6.45) is 5.37. The van der Waals surface area contributed by atoms with Crippen molar-refractivity contribution in [3.63, 3.8) is 0 Å². The third-order valence-electron chi connectivity index (χ3n) is 6.50. The average Bonchev–Trinajstić information content (AvgIpc) is 3.22. The van der Waals surface area contributed by atoms with E-state index in [2.05, 4.69) is 21.9 Å². The van der Waals surface area contributed by atoms with E-state index in [1.807, 2.05) is 30.3 Å². The number of amides is 1. The summed E-state index contributed by atoms with van der Waals surface area (Å²) < 4.78 is 18.5. The molecule has 0 radical (unpaired) electrons. The number of para-hydroxylation sites is 1. The van der Waals surface area contributed by atoms with Gasteiger partial charge in [-0.05, 0) is 48.9 Å². The second-order valence-corrected chi connectivity index (χ2v) is 8.90. The van der Waals surface area contributed by atoms with Crippen molar-refractivity contribution in [2.75, 3.05) is 19.5 Å². The van der Waals surface area contributed by atoms with E-state index in [4.69, 9.17) is 14.2 Å². The zero-order valence-electron chi connectivity index (χ0n) is 22.3. The van der Waals surface area contributed by atoms with E-state index >= 15 is 0 Å². The molecule has 2 N–H and O–H groups in total. The second kappa shape index (κ2) is 11.2. The molecule has 0 unspecified atom stereocenters. The third kappa shape index (κ3) is 4.92. The number of hydrogen-bond donors (Lipinski definition) is 2. The van der Waals surface area contributed by atoms with Crippen molar-refractivity contribution in [2.24, 2.45) is 0 Å². The van der Waals surface area contributed by atoms with Gasteiger partial charge in [-0.25, -0.2) is 4.98 Å². The second-order valence-electron chi connectivity index (χ2n) is 8.90. The smallest absolute Gasteiger partial charge is 0.262 e. The maximum atomic E-state index is 13.3. The Hall–Kier alpha value is -5.31. The normalized spacial score (nSPS) is 10.8. The van der Waals surface area contributed by atoms with Gasteiger partial charge in [-0.1, -0.05) is 24.3 Å². The van der Waals surface area contributed by atoms with E-state index in [0.29, 0.717) is 46.3 Å². The topological polar surface area (TPSA) is 108 Å². The number of fused-ring (bicyclic) bond motifs is 1. The van der Waals surface area contributed by atoms with Gasteiger partial charge in [0.15, 0.2) is 11.5 Å². The molecule has 5 rings (SSSR count). The fraction of sp³-hybridized carbons (Fsp3) is 0.129. The van der Waals surface area contributed by atoms with Crippen molar-refractivity contribution in [2.45, 2.75) is 13.3 Å². The molecule has 0 aliphatic heterocycles. The number of nitrogens with zero attached hydrogens (tertiary/aromatic N) is 3. The predicted octanol–water partition coefficient (Wildman–Crippen LogP) is 6.22. The highest BCUT2D eigenvalue weighted by atomic mass is 16.5. The maximum Gasteiger partial charge on any atom is 0.262 e. The molecular formula is C31H28N4O5. The minimum atomic E-state index is -0.475. The van der Waals surface area contributed by atoms with Crippen LogP contribution in [0.3, 0.4) is 0 Å². The first-order valence-corrected chi connectivity index (χ1v) is 12.5. The van der Waals surface area contributed by atoms with Crippen LogP contribution in [-0.2, 0) is 6.42 Å². The van der Waals surface area contributed by atoms with Crippen LogP contribution in [0.4, 0.5) is 5.82 Å². The summed E-state index contributed by atoms with van der Waals surface area (Å²) in [5.74, 6) is 1.83. The molecule has 3 aromatic heterocycles. The lowest BCUT2D eigenvalue weighted by atomic mass is 10.1. The highest BCUT2D eigenvalue weighted by Crippen LogP contribution is 2.37. The molecule has 9 heteroatoms. The first-order chi connectivity index (χ1) is 19.4. The summed E-state index contributed by atoms with van der Waals surface area (Å²) >= 11 is 0. The van der Waals surface area contributed by atoms with Crippen LogP contribution in [0.2, 0.25) is 0 Å². The van der Waals surface area contributed by atoms with Crippen molar-refractivity contribution in [1.82, 2.24) is 14.5 Å². The molecule has 0 spiro atoms. The van der Waals surface area contributed by atoms with Crippen LogP contribution in [0.25, 0.3) is 16.6 Å². The van der Waals surface area contributed by atoms with Gasteiger partial charge in [0.2, 0.25) is 5.88 Å². The van der Waals surface area contributed by atoms with Crippen LogP contribution in [0.1, 0.15) is 21.6 Å². The van der Waals surface area contributed by atoms with E-state index in [1.165, 1.54) is 6.20 Å². The van der Waals surface area contributed by atoms with E-state index in [0.717, 1.165) is 16.8 Å². The Morgan fingerprint density at radius 3 is 2.45 bits per heavy atom. The lowest BCUT2D eigenvalue weighted by Gasteiger charge is -2.12. The quantitative estimate of drug-likeness (QED) is 0.215. The number of carbonyl (C=O) groups is 1. The first kappa shape index (κ1) is 26.3. The van der Waals surface area contributed by atoms with Gasteiger partial charge in [-0.2, -0.15) is 0 Å². The molecule has 2 aromatic carbocycles. The van der Waals surface area contributed by atoms with Gasteiger partial charge in [-0.15, -0.1) is 6.58 Å². The van der Waals surface area contributed by atoms with Crippen molar-refractivity contribution in [3.8, 4) is 34.6 Å². The van der Waals surface area contributed by atoms with Gasteiger partial charge in [0, 0.05) is 35.5 Å². The number of rotatable bonds is 9. The standard InChI is InChI=1S/C31H28N4O5/c1-5-9-24-19(2)29(31(37)35(24)20-10-7-6-8-11-20)30(36)34-28-13-12-21(18-33-28)40-25-14-15-32-23-17-27(39-4)26(38-3)16-22(23)25/h5-8,10-18,37H,1,9H2,2-4H3,(H,33,34,36). The minimum Gasteiger partial charge on any atom is -0.494 e. The Morgan fingerprint density at radius 1 is 1.02 bits per heavy atom. The summed E-state index contributed by atoms with van der Waals surface area (Å²) in [5.41, 5.74) is 3.05. The number of nitrogens with one attached hydrogen (secondary N) is 1. The number of anilines is 1. The predicted molar refractivity (Wildman–Crippen MR) is 153 cm³/mol. The number of aromatic nitrogens is 3. The number of pyridine rings is 2. The van der Waals surface area contributed by atoms with Crippen molar-refractivity contribution >= 4 is 22.6 Å². The molecule has 0 aliphatic rings. The Kier molecular flexibility index (Phi) is 7.37. The van der Waals surface area contributed by atoms with Gasteiger partial charge < -0.3 is 24.6 Å². The number of carbonyl (C=O) groups excluding carboxylic acids is 1. The molecule has 1 amide bonds. The van der Waals surface area contributed by atoms with Gasteiger partial charge in [-0.3, -0.25) is 14.3 Å². The Balaban J connectivity index is 1.39. The number of allylic oxidation sites excluding steroid dienone is 1. The van der Waals surface area contributed by atoms with E-state index < -0.39 is 5.91 Å². The van der Waals surface area contributed by atoms with Crippen molar-refractivity contribution < 1.29 is 24.1 Å². The molecule has 0 bridgehead atoms. The van der Waals surface area contributed by atoms with Crippen LogP contribution in [-0.4, -0.2) is 39.8 Å².